The number of nitrogens with one attached hydrogen (secondary N) is 3. The zero-order valence-corrected chi connectivity index (χ0v) is 10.6. The van der Waals surface area contributed by atoms with E-state index in [4.69, 9.17) is 17.3 Å². The van der Waals surface area contributed by atoms with Crippen LogP contribution in [-0.4, -0.2) is 23.1 Å². The van der Waals surface area contributed by atoms with Gasteiger partial charge in [0.2, 0.25) is 0 Å². The topological polar surface area (TPSA) is 78.8 Å². The van der Waals surface area contributed by atoms with Crippen molar-refractivity contribution >= 4 is 17.3 Å². The molecule has 18 heavy (non-hydrogen) atoms. The van der Waals surface area contributed by atoms with Crippen molar-refractivity contribution in [1.29, 1.82) is 0 Å². The lowest BCUT2D eigenvalue weighted by Crippen LogP contribution is -2.21. The molecule has 1 aliphatic rings. The number of hydrogen-bond donors (Lipinski definition) is 4. The lowest BCUT2D eigenvalue weighted by Gasteiger charge is -2.13. The van der Waals surface area contributed by atoms with Crippen molar-refractivity contribution in [2.24, 2.45) is 0 Å². The molecule has 0 atom stereocenters. The molecule has 5 nitrogen and oxygen atoms in total. The number of halogens is 1. The third-order valence-corrected chi connectivity index (χ3v) is 2.89. The van der Waals surface area contributed by atoms with Crippen molar-refractivity contribution < 1.29 is 0 Å². The third kappa shape index (κ3) is 3.46. The second-order valence-electron chi connectivity index (χ2n) is 3.88. The van der Waals surface area contributed by atoms with Crippen molar-refractivity contribution in [2.45, 2.75) is 6.17 Å². The molecule has 1 saturated heterocycles. The standard InChI is InChI=1S/C9H12ClN3.C3H4N2/c10-8-5-6(11)1-2-7(8)9-12-3-4-13-9;1-2-5-3-4-1/h1-2,5,9,12-13H,3-4,11H2;1-3H,(H,4,5). The number of nitrogens with two attached hydrogens (primary N) is 1. The minimum absolute atomic E-state index is 0.174. The first-order chi connectivity index (χ1) is 8.77. The van der Waals surface area contributed by atoms with Crippen LogP contribution in [-0.2, 0) is 0 Å². The van der Waals surface area contributed by atoms with Gasteiger partial charge in [0.15, 0.2) is 0 Å². The Bertz CT molecular complexity index is 448. The highest BCUT2D eigenvalue weighted by Gasteiger charge is 2.17. The number of H-pyrrole nitrogens is 1. The van der Waals surface area contributed by atoms with Crippen molar-refractivity contribution in [3.8, 4) is 0 Å². The first-order valence-corrected chi connectivity index (χ1v) is 6.09. The van der Waals surface area contributed by atoms with Crippen molar-refractivity contribution in [3.63, 3.8) is 0 Å². The van der Waals surface area contributed by atoms with Crippen LogP contribution in [0.2, 0.25) is 5.02 Å². The van der Waals surface area contributed by atoms with E-state index in [1.165, 1.54) is 0 Å². The smallest absolute Gasteiger partial charge is 0.0919 e. The number of nitrogens with zero attached hydrogens (tertiary/aromatic N) is 1. The van der Waals surface area contributed by atoms with Crippen molar-refractivity contribution in [2.75, 3.05) is 18.8 Å². The summed E-state index contributed by atoms with van der Waals surface area (Å²) in [6.07, 6.45) is 5.26. The number of nitrogen functional groups attached to an aromatic ring is 1. The van der Waals surface area contributed by atoms with Crippen molar-refractivity contribution in [1.82, 2.24) is 20.6 Å². The molecular formula is C12H16ClN5. The number of anilines is 1. The molecule has 1 fully saturated rings. The van der Waals surface area contributed by atoms with Gasteiger partial charge in [-0.3, -0.25) is 10.6 Å². The molecule has 1 aromatic heterocycles. The highest BCUT2D eigenvalue weighted by molar-refractivity contribution is 6.31. The molecule has 5 N–H and O–H groups in total. The van der Waals surface area contributed by atoms with Crippen LogP contribution in [0.1, 0.15) is 11.7 Å². The maximum atomic E-state index is 6.05. The largest absolute Gasteiger partial charge is 0.399 e. The van der Waals surface area contributed by atoms with Crippen LogP contribution in [0, 0.1) is 0 Å². The third-order valence-electron chi connectivity index (χ3n) is 2.56. The second kappa shape index (κ2) is 6.39. The van der Waals surface area contributed by atoms with Crippen LogP contribution in [0.15, 0.2) is 36.9 Å². The predicted octanol–water partition coefficient (Wildman–Crippen LogP) is 1.52. The van der Waals surface area contributed by atoms with Crippen LogP contribution < -0.4 is 16.4 Å². The number of hydrogen-bond acceptors (Lipinski definition) is 4. The maximum absolute atomic E-state index is 6.05. The van der Waals surface area contributed by atoms with E-state index in [1.807, 2.05) is 12.1 Å². The molecule has 1 aromatic carbocycles. The van der Waals surface area contributed by atoms with Crippen LogP contribution in [0.3, 0.4) is 0 Å². The highest BCUT2D eigenvalue weighted by atomic mass is 35.5. The average Bonchev–Trinajstić information content (AvgIpc) is 3.05. The lowest BCUT2D eigenvalue weighted by atomic mass is 10.1. The van der Waals surface area contributed by atoms with Gasteiger partial charge in [-0.2, -0.15) is 0 Å². The Morgan fingerprint density at radius 3 is 2.56 bits per heavy atom. The number of imidazole rings is 1. The van der Waals surface area contributed by atoms with Crippen LogP contribution >= 0.6 is 11.6 Å². The Labute approximate surface area is 111 Å². The summed E-state index contributed by atoms with van der Waals surface area (Å²) in [4.78, 5) is 6.42. The summed E-state index contributed by atoms with van der Waals surface area (Å²) in [6, 6.07) is 5.59. The summed E-state index contributed by atoms with van der Waals surface area (Å²) in [5.41, 5.74) is 7.36. The summed E-state index contributed by atoms with van der Waals surface area (Å²) in [7, 11) is 0. The molecule has 2 heterocycles. The van der Waals surface area contributed by atoms with Gasteiger partial charge in [-0.25, -0.2) is 4.98 Å². The zero-order valence-electron chi connectivity index (χ0n) is 9.86. The van der Waals surface area contributed by atoms with E-state index in [0.717, 1.165) is 18.7 Å². The van der Waals surface area contributed by atoms with Gasteiger partial charge in [0.05, 0.1) is 12.5 Å². The SMILES string of the molecule is Nc1ccc(C2NCCN2)c(Cl)c1.c1c[nH]cn1. The van der Waals surface area contributed by atoms with Gasteiger partial charge >= 0.3 is 0 Å². The van der Waals surface area contributed by atoms with Crippen molar-refractivity contribution in [3.05, 3.63) is 47.5 Å². The average molecular weight is 266 g/mol. The van der Waals surface area contributed by atoms with Crippen LogP contribution in [0.4, 0.5) is 5.69 Å². The molecule has 0 saturated carbocycles. The first-order valence-electron chi connectivity index (χ1n) is 5.72. The molecule has 6 heteroatoms. The number of aromatic nitrogens is 2. The van der Waals surface area contributed by atoms with E-state index >= 15 is 0 Å². The molecular weight excluding hydrogens is 250 g/mol. The summed E-state index contributed by atoms with van der Waals surface area (Å²) in [5.74, 6) is 0. The predicted molar refractivity (Wildman–Crippen MR) is 73.2 cm³/mol. The van der Waals surface area contributed by atoms with E-state index in [1.54, 1.807) is 24.8 Å². The van der Waals surface area contributed by atoms with Gasteiger partial charge < -0.3 is 10.7 Å². The molecule has 1 aliphatic heterocycles. The minimum Gasteiger partial charge on any atom is -0.399 e. The summed E-state index contributed by atoms with van der Waals surface area (Å²) in [5, 5.41) is 7.31. The van der Waals surface area contributed by atoms with Gasteiger partial charge in [0, 0.05) is 41.8 Å². The monoisotopic (exact) mass is 265 g/mol. The van der Waals surface area contributed by atoms with Gasteiger partial charge in [-0.15, -0.1) is 0 Å². The van der Waals surface area contributed by atoms with E-state index in [9.17, 15) is 0 Å². The maximum Gasteiger partial charge on any atom is 0.0919 e. The number of rotatable bonds is 1. The lowest BCUT2D eigenvalue weighted by molar-refractivity contribution is 0.588. The fourth-order valence-electron chi connectivity index (χ4n) is 1.72. The Morgan fingerprint density at radius 2 is 2.06 bits per heavy atom. The van der Waals surface area contributed by atoms with Gasteiger partial charge in [0.1, 0.15) is 0 Å². The van der Waals surface area contributed by atoms with E-state index < -0.39 is 0 Å². The molecule has 0 spiro atoms. The van der Waals surface area contributed by atoms with E-state index in [-0.39, 0.29) is 6.17 Å². The van der Waals surface area contributed by atoms with E-state index in [0.29, 0.717) is 10.7 Å². The zero-order chi connectivity index (χ0) is 12.8. The summed E-state index contributed by atoms with van der Waals surface area (Å²) < 4.78 is 0. The fourth-order valence-corrected chi connectivity index (χ4v) is 2.02. The molecule has 0 amide bonds. The quantitative estimate of drug-likeness (QED) is 0.590. The Hall–Kier alpha value is -1.56. The summed E-state index contributed by atoms with van der Waals surface area (Å²) in [6.45, 7) is 1.96. The van der Waals surface area contributed by atoms with E-state index in [2.05, 4.69) is 20.6 Å². The highest BCUT2D eigenvalue weighted by Crippen LogP contribution is 2.24. The Kier molecular flexibility index (Phi) is 4.58. The fraction of sp³-hybridized carbons (Fsp3) is 0.250. The molecule has 2 aromatic rings. The van der Waals surface area contributed by atoms with Gasteiger partial charge in [-0.05, 0) is 12.1 Å². The van der Waals surface area contributed by atoms with Gasteiger partial charge in [0.25, 0.3) is 0 Å². The molecule has 96 valence electrons. The minimum atomic E-state index is 0.174. The molecule has 0 unspecified atom stereocenters. The first kappa shape index (κ1) is 12.9. The molecule has 0 bridgehead atoms. The van der Waals surface area contributed by atoms with Crippen LogP contribution in [0.5, 0.6) is 0 Å². The second-order valence-corrected chi connectivity index (χ2v) is 4.29. The Balaban J connectivity index is 0.000000202. The van der Waals surface area contributed by atoms with Gasteiger partial charge in [-0.1, -0.05) is 17.7 Å². The van der Waals surface area contributed by atoms with Crippen LogP contribution in [0.25, 0.3) is 0 Å². The molecule has 3 rings (SSSR count). The number of benzene rings is 1. The normalized spacial score (nSPS) is 15.2. The Morgan fingerprint density at radius 1 is 1.28 bits per heavy atom. The molecule has 0 aliphatic carbocycles. The summed E-state index contributed by atoms with van der Waals surface area (Å²) >= 11 is 6.05. The number of aromatic amines is 1. The molecule has 0 radical (unpaired) electrons.